The normalized spacial score (nSPS) is 12.6. The van der Waals surface area contributed by atoms with Crippen LogP contribution in [0.3, 0.4) is 0 Å². The molecule has 0 bridgehead atoms. The smallest absolute Gasteiger partial charge is 0.139 e. The molecule has 0 aliphatic rings. The van der Waals surface area contributed by atoms with Gasteiger partial charge in [-0.2, -0.15) is 0 Å². The van der Waals surface area contributed by atoms with Gasteiger partial charge in [0.2, 0.25) is 0 Å². The Balaban J connectivity index is 0.729. The Bertz CT molecular complexity index is 5500. The summed E-state index contributed by atoms with van der Waals surface area (Å²) in [6, 6.07) is 90.2. The largest absolute Gasteiger partial charge is 0.456 e. The summed E-state index contributed by atoms with van der Waals surface area (Å²) in [6.45, 7) is 9.02. The standard InChI is InChI=1S/C80H54N4O2/c1-45(2)47-21-27-53(28-22-47)81(57-39-67-59-13-5-9-17-71(59)83-72-18-10-6-14-60(72)68(40-57)79(67)83)55-31-25-49-35-63-65-43-66-64-36-50-26-32-56(34-52(50)38-76(64)86-78(66)44-77(65)85-75(63)37-51(49)33-55)82(54-29-23-48(24-30-54)46(3)4)58-41-69-61-15-7-11-19-73(61)84-74-20-12-8-16-62(74)70(42-58)80(69)84/h5-46H,1-4H3. The Kier molecular flexibility index (Phi) is 9.63. The number of benzene rings is 13. The van der Waals surface area contributed by atoms with E-state index in [1.165, 1.54) is 87.3 Å². The molecule has 0 aliphatic carbocycles. The maximum atomic E-state index is 6.84. The zero-order chi connectivity index (χ0) is 56.8. The maximum absolute atomic E-state index is 6.84. The molecule has 13 aromatic carbocycles. The van der Waals surface area contributed by atoms with E-state index < -0.39 is 0 Å². The molecule has 0 saturated heterocycles. The van der Waals surface area contributed by atoms with E-state index in [0.717, 1.165) is 99.5 Å². The van der Waals surface area contributed by atoms with Gasteiger partial charge in [0, 0.05) is 105 Å². The maximum Gasteiger partial charge on any atom is 0.139 e. The third-order valence-electron chi connectivity index (χ3n) is 19.0. The monoisotopic (exact) mass is 1100 g/mol. The second-order valence-corrected chi connectivity index (χ2v) is 24.5. The Morgan fingerprint density at radius 2 is 0.581 bits per heavy atom. The van der Waals surface area contributed by atoms with E-state index in [-0.39, 0.29) is 0 Å². The first-order valence-corrected chi connectivity index (χ1v) is 30.1. The summed E-state index contributed by atoms with van der Waals surface area (Å²) in [5, 5.41) is 18.8. The Morgan fingerprint density at radius 3 is 0.942 bits per heavy atom. The molecule has 0 aliphatic heterocycles. The molecule has 0 N–H and O–H groups in total. The average molecular weight is 1100 g/mol. The first kappa shape index (κ1) is 47.6. The molecule has 0 spiro atoms. The molecule has 0 saturated carbocycles. The van der Waals surface area contributed by atoms with E-state index >= 15 is 0 Å². The van der Waals surface area contributed by atoms with Crippen LogP contribution in [0.2, 0.25) is 0 Å². The van der Waals surface area contributed by atoms with Gasteiger partial charge in [-0.15, -0.1) is 0 Å². The molecular weight excluding hydrogens is 1050 g/mol. The molecule has 406 valence electrons. The van der Waals surface area contributed by atoms with Gasteiger partial charge < -0.3 is 27.4 Å². The van der Waals surface area contributed by atoms with Crippen molar-refractivity contribution in [1.82, 2.24) is 8.80 Å². The van der Waals surface area contributed by atoms with Crippen LogP contribution in [-0.4, -0.2) is 8.80 Å². The van der Waals surface area contributed by atoms with E-state index in [0.29, 0.717) is 11.8 Å². The highest BCUT2D eigenvalue weighted by Gasteiger charge is 2.25. The number of anilines is 6. The molecule has 0 unspecified atom stereocenters. The molecule has 6 aromatic heterocycles. The second-order valence-electron chi connectivity index (χ2n) is 24.5. The highest BCUT2D eigenvalue weighted by atomic mass is 16.3. The minimum absolute atomic E-state index is 0.424. The lowest BCUT2D eigenvalue weighted by Gasteiger charge is -2.26. The fourth-order valence-electron chi connectivity index (χ4n) is 14.8. The van der Waals surface area contributed by atoms with Crippen molar-refractivity contribution in [2.45, 2.75) is 39.5 Å². The van der Waals surface area contributed by atoms with E-state index in [9.17, 15) is 0 Å². The summed E-state index contributed by atoms with van der Waals surface area (Å²) in [5.41, 5.74) is 20.0. The molecule has 6 heteroatoms. The van der Waals surface area contributed by atoms with Crippen molar-refractivity contribution in [2.75, 3.05) is 9.80 Å². The first-order valence-electron chi connectivity index (χ1n) is 30.1. The van der Waals surface area contributed by atoms with Crippen molar-refractivity contribution in [3.05, 3.63) is 254 Å². The molecule has 0 amide bonds. The number of para-hydroxylation sites is 4. The van der Waals surface area contributed by atoms with Gasteiger partial charge in [0.15, 0.2) is 0 Å². The van der Waals surface area contributed by atoms with Crippen LogP contribution >= 0.6 is 0 Å². The Morgan fingerprint density at radius 1 is 0.256 bits per heavy atom. The van der Waals surface area contributed by atoms with E-state index in [4.69, 9.17) is 8.83 Å². The SMILES string of the molecule is CC(C)c1ccc(N(c2ccc3cc4c(cc3c2)oc2cc3oc5cc6cc(N(c7ccc(C(C)C)cc7)c7cc8c9ccccc9n9c%10ccccc%10c(c7)c89)ccc6cc5c3cc24)c2cc3c4ccccc4n4c5ccccc5c(c2)c34)cc1. The van der Waals surface area contributed by atoms with Gasteiger partial charge >= 0.3 is 0 Å². The van der Waals surface area contributed by atoms with Crippen LogP contribution < -0.4 is 9.80 Å². The van der Waals surface area contributed by atoms with Gasteiger partial charge in [-0.3, -0.25) is 0 Å². The van der Waals surface area contributed by atoms with Crippen LogP contribution in [0, 0.1) is 0 Å². The number of hydrogen-bond acceptors (Lipinski definition) is 4. The van der Waals surface area contributed by atoms with Gasteiger partial charge in [0.05, 0.1) is 33.1 Å². The lowest BCUT2D eigenvalue weighted by Crippen LogP contribution is -2.10. The number of nitrogens with zero attached hydrogens (tertiary/aromatic N) is 4. The zero-order valence-corrected chi connectivity index (χ0v) is 47.9. The van der Waals surface area contributed by atoms with Gasteiger partial charge in [-0.1, -0.05) is 137 Å². The van der Waals surface area contributed by atoms with Crippen LogP contribution in [0.25, 0.3) is 142 Å². The third-order valence-corrected chi connectivity index (χ3v) is 19.0. The predicted octanol–water partition coefficient (Wildman–Crippen LogP) is 23.3. The van der Waals surface area contributed by atoms with Crippen LogP contribution in [0.5, 0.6) is 0 Å². The fraction of sp³-hybridized carbons (Fsp3) is 0.0750. The first-order chi connectivity index (χ1) is 42.2. The van der Waals surface area contributed by atoms with Gasteiger partial charge in [-0.05, 0) is 172 Å². The molecule has 19 rings (SSSR count). The molecule has 86 heavy (non-hydrogen) atoms. The molecule has 6 nitrogen and oxygen atoms in total. The predicted molar refractivity (Wildman–Crippen MR) is 363 cm³/mol. The van der Waals surface area contributed by atoms with Crippen LogP contribution in [0.1, 0.15) is 50.7 Å². The van der Waals surface area contributed by atoms with Crippen LogP contribution in [0.15, 0.2) is 251 Å². The van der Waals surface area contributed by atoms with Gasteiger partial charge in [0.1, 0.15) is 22.3 Å². The highest BCUT2D eigenvalue weighted by Crippen LogP contribution is 2.49. The molecule has 0 radical (unpaired) electrons. The topological polar surface area (TPSA) is 41.6 Å². The molecule has 0 atom stereocenters. The number of furan rings is 2. The number of hydrogen-bond donors (Lipinski definition) is 0. The second kappa shape index (κ2) is 17.4. The van der Waals surface area contributed by atoms with Crippen molar-refractivity contribution in [1.29, 1.82) is 0 Å². The Hall–Kier alpha value is -10.8. The van der Waals surface area contributed by atoms with Crippen LogP contribution in [0.4, 0.5) is 34.1 Å². The average Bonchev–Trinajstić information content (AvgIpc) is 1.76. The van der Waals surface area contributed by atoms with Crippen LogP contribution in [-0.2, 0) is 0 Å². The number of fused-ring (bicyclic) bond motifs is 20. The summed E-state index contributed by atoms with van der Waals surface area (Å²) in [4.78, 5) is 4.85. The van der Waals surface area contributed by atoms with E-state index in [1.807, 2.05) is 0 Å². The van der Waals surface area contributed by atoms with Crippen molar-refractivity contribution < 1.29 is 8.83 Å². The third kappa shape index (κ3) is 6.66. The van der Waals surface area contributed by atoms with Crippen molar-refractivity contribution >= 4 is 176 Å². The van der Waals surface area contributed by atoms with Gasteiger partial charge in [0.25, 0.3) is 0 Å². The summed E-state index contributed by atoms with van der Waals surface area (Å²) >= 11 is 0. The summed E-state index contributed by atoms with van der Waals surface area (Å²) in [5.74, 6) is 0.847. The fourth-order valence-corrected chi connectivity index (χ4v) is 14.8. The van der Waals surface area contributed by atoms with Crippen molar-refractivity contribution in [3.63, 3.8) is 0 Å². The molecule has 0 fully saturated rings. The summed E-state index contributed by atoms with van der Waals surface area (Å²) in [7, 11) is 0. The summed E-state index contributed by atoms with van der Waals surface area (Å²) < 4.78 is 18.6. The molecular formula is C80H54N4O2. The molecule has 19 aromatic rings. The highest BCUT2D eigenvalue weighted by molar-refractivity contribution is 6.27. The zero-order valence-electron chi connectivity index (χ0n) is 47.9. The van der Waals surface area contributed by atoms with Crippen molar-refractivity contribution in [3.8, 4) is 0 Å². The minimum Gasteiger partial charge on any atom is -0.456 e. The van der Waals surface area contributed by atoms with E-state index in [1.54, 1.807) is 0 Å². The summed E-state index contributed by atoms with van der Waals surface area (Å²) in [6.07, 6.45) is 0. The number of aromatic nitrogens is 2. The lowest BCUT2D eigenvalue weighted by molar-refractivity contribution is 0.656. The molecule has 6 heterocycles. The lowest BCUT2D eigenvalue weighted by atomic mass is 10.0. The quantitative estimate of drug-likeness (QED) is 0.152. The van der Waals surface area contributed by atoms with Gasteiger partial charge in [-0.25, -0.2) is 0 Å². The van der Waals surface area contributed by atoms with E-state index in [2.05, 4.69) is 289 Å². The Labute approximate surface area is 493 Å². The van der Waals surface area contributed by atoms with Crippen molar-refractivity contribution in [2.24, 2.45) is 0 Å². The minimum atomic E-state index is 0.424. The number of rotatable bonds is 8.